The third kappa shape index (κ3) is 8.10. The molecule has 3 N–H and O–H groups in total. The highest BCUT2D eigenvalue weighted by Crippen LogP contribution is 2.32. The van der Waals surface area contributed by atoms with Gasteiger partial charge in [-0.05, 0) is 51.1 Å². The van der Waals surface area contributed by atoms with Crippen molar-refractivity contribution in [3.8, 4) is 0 Å². The Kier molecular flexibility index (Phi) is 9.63. The van der Waals surface area contributed by atoms with Crippen molar-refractivity contribution in [2.75, 3.05) is 36.5 Å². The molecule has 1 aliphatic heterocycles. The van der Waals surface area contributed by atoms with E-state index in [0.29, 0.717) is 4.34 Å². The molecule has 0 saturated carbocycles. The molecule has 1 fully saturated rings. The Morgan fingerprint density at radius 1 is 1.21 bits per heavy atom. The Balaban J connectivity index is 1.79. The van der Waals surface area contributed by atoms with Crippen molar-refractivity contribution in [1.29, 1.82) is 0 Å². The van der Waals surface area contributed by atoms with Gasteiger partial charge in [0.25, 0.3) is 18.2 Å². The predicted octanol–water partition coefficient (Wildman–Crippen LogP) is 3.96. The molecular formula is C24H27ClF2N4O6S. The van der Waals surface area contributed by atoms with Crippen LogP contribution in [-0.4, -0.2) is 61.8 Å². The zero-order valence-corrected chi connectivity index (χ0v) is 22.4. The van der Waals surface area contributed by atoms with Crippen molar-refractivity contribution in [2.24, 2.45) is 0 Å². The van der Waals surface area contributed by atoms with Crippen LogP contribution >= 0.6 is 22.9 Å². The van der Waals surface area contributed by atoms with Gasteiger partial charge in [-0.3, -0.25) is 14.4 Å². The summed E-state index contributed by atoms with van der Waals surface area (Å²) in [6.45, 7) is 4.80. The topological polar surface area (TPSA) is 126 Å². The molecule has 14 heteroatoms. The number of morpholine rings is 1. The minimum Gasteiger partial charge on any atom is -0.444 e. The number of hydrogen-bond donors (Lipinski definition) is 3. The van der Waals surface area contributed by atoms with Crippen LogP contribution in [0.4, 0.5) is 25.0 Å². The summed E-state index contributed by atoms with van der Waals surface area (Å²) in [5.74, 6) is -1.80. The van der Waals surface area contributed by atoms with E-state index < -0.39 is 41.5 Å². The lowest BCUT2D eigenvalue weighted by atomic mass is 10.1. The van der Waals surface area contributed by atoms with Gasteiger partial charge < -0.3 is 30.3 Å². The largest absolute Gasteiger partial charge is 0.444 e. The number of carbonyl (C=O) groups is 4. The Morgan fingerprint density at radius 2 is 1.95 bits per heavy atom. The molecule has 0 radical (unpaired) electrons. The molecule has 10 nitrogen and oxygen atoms in total. The van der Waals surface area contributed by atoms with Crippen LogP contribution in [0.1, 0.15) is 42.4 Å². The lowest BCUT2D eigenvalue weighted by Gasteiger charge is -2.28. The molecule has 1 aromatic heterocycles. The molecule has 1 unspecified atom stereocenters. The molecule has 4 amide bonds. The number of halogens is 3. The minimum absolute atomic E-state index is 0.163. The number of anilines is 2. The second-order valence-corrected chi connectivity index (χ2v) is 10.9. The van der Waals surface area contributed by atoms with E-state index in [9.17, 15) is 28.0 Å². The molecule has 38 heavy (non-hydrogen) atoms. The Hall–Kier alpha value is -3.29. The number of nitrogens with one attached hydrogen (secondary N) is 3. The molecular weight excluding hydrogens is 546 g/mol. The molecule has 3 rings (SSSR count). The van der Waals surface area contributed by atoms with Gasteiger partial charge in [-0.25, -0.2) is 13.6 Å². The van der Waals surface area contributed by atoms with Crippen LogP contribution in [0.3, 0.4) is 0 Å². The van der Waals surface area contributed by atoms with Crippen molar-refractivity contribution in [1.82, 2.24) is 10.6 Å². The molecule has 0 bridgehead atoms. The average Bonchev–Trinajstić information content (AvgIpc) is 3.27. The number of hydrogen-bond acceptors (Lipinski definition) is 7. The van der Waals surface area contributed by atoms with E-state index in [1.165, 1.54) is 29.2 Å². The lowest BCUT2D eigenvalue weighted by Crippen LogP contribution is -2.51. The number of amides is 4. The molecule has 206 valence electrons. The first-order valence-corrected chi connectivity index (χ1v) is 12.7. The quantitative estimate of drug-likeness (QED) is 0.439. The fourth-order valence-electron chi connectivity index (χ4n) is 3.40. The van der Waals surface area contributed by atoms with Gasteiger partial charge >= 0.3 is 6.09 Å². The molecule has 2 heterocycles. The van der Waals surface area contributed by atoms with E-state index in [1.807, 2.05) is 0 Å². The highest BCUT2D eigenvalue weighted by atomic mass is 35.5. The predicted molar refractivity (Wildman–Crippen MR) is 138 cm³/mol. The molecule has 1 aliphatic rings. The number of alkyl carbamates (subject to hydrolysis) is 1. The van der Waals surface area contributed by atoms with Crippen molar-refractivity contribution >= 4 is 58.1 Å². The first-order valence-electron chi connectivity index (χ1n) is 11.5. The summed E-state index contributed by atoms with van der Waals surface area (Å²) in [7, 11) is 0. The molecule has 1 atom stereocenters. The summed E-state index contributed by atoms with van der Waals surface area (Å²) in [5.41, 5.74) is -1.39. The normalized spacial score (nSPS) is 14.7. The van der Waals surface area contributed by atoms with Crippen molar-refractivity contribution in [2.45, 2.75) is 38.8 Å². The molecule has 2 aromatic rings. The summed E-state index contributed by atoms with van der Waals surface area (Å²) in [4.78, 5) is 51.6. The Labute approximate surface area is 226 Å². The smallest absolute Gasteiger partial charge is 0.408 e. The van der Waals surface area contributed by atoms with E-state index >= 15 is 0 Å². The van der Waals surface area contributed by atoms with Gasteiger partial charge in [0, 0.05) is 30.0 Å². The van der Waals surface area contributed by atoms with Gasteiger partial charge in [0.05, 0.1) is 15.8 Å². The summed E-state index contributed by atoms with van der Waals surface area (Å²) in [6.07, 6.45) is -3.93. The van der Waals surface area contributed by atoms with Crippen molar-refractivity contribution < 1.29 is 37.4 Å². The fraction of sp³-hybridized carbons (Fsp3) is 0.417. The number of alkyl halides is 2. The number of nitrogens with zero attached hydrogens (tertiary/aromatic N) is 1. The summed E-state index contributed by atoms with van der Waals surface area (Å²) >= 11 is 6.88. The maximum Gasteiger partial charge on any atom is 0.408 e. The number of benzene rings is 1. The third-order valence-corrected chi connectivity index (χ3v) is 6.33. The van der Waals surface area contributed by atoms with Crippen LogP contribution in [0, 0.1) is 0 Å². The second-order valence-electron chi connectivity index (χ2n) is 9.17. The number of rotatable bonds is 8. The van der Waals surface area contributed by atoms with Crippen LogP contribution < -0.4 is 20.9 Å². The van der Waals surface area contributed by atoms with Crippen LogP contribution in [-0.2, 0) is 19.1 Å². The SMILES string of the molecule is CC(C)(C)OC(=O)NC(CNC(=O)c1ccc(Cl)s1)C(=O)Nc1ccc(N2CCOCC2=O)cc1C(F)F. The Bertz CT molecular complexity index is 1200. The minimum atomic E-state index is -2.98. The standard InChI is InChI=1S/C24H27ClF2N4O6S/c1-24(2,3)37-23(35)30-16(11-28-22(34)17-6-7-18(25)38-17)21(33)29-15-5-4-13(10-14(15)20(26)27)31-8-9-36-12-19(31)32/h4-7,10,16,20H,8-9,11-12H2,1-3H3,(H,28,34)(H,29,33)(H,30,35). The zero-order chi connectivity index (χ0) is 28.0. The van der Waals surface area contributed by atoms with Gasteiger partial charge in [0.2, 0.25) is 5.91 Å². The summed E-state index contributed by atoms with van der Waals surface area (Å²) in [5, 5.41) is 7.26. The fourth-order valence-corrected chi connectivity index (χ4v) is 4.36. The zero-order valence-electron chi connectivity index (χ0n) is 20.8. The van der Waals surface area contributed by atoms with Crippen molar-refractivity contribution in [3.05, 3.63) is 45.1 Å². The van der Waals surface area contributed by atoms with Gasteiger partial charge in [-0.15, -0.1) is 11.3 Å². The summed E-state index contributed by atoms with van der Waals surface area (Å²) < 4.78 is 38.5. The van der Waals surface area contributed by atoms with Gasteiger partial charge in [-0.2, -0.15) is 0 Å². The van der Waals surface area contributed by atoms with Gasteiger partial charge in [0.1, 0.15) is 18.2 Å². The van der Waals surface area contributed by atoms with Crippen molar-refractivity contribution in [3.63, 3.8) is 0 Å². The first-order chi connectivity index (χ1) is 17.8. The highest BCUT2D eigenvalue weighted by molar-refractivity contribution is 7.18. The van der Waals surface area contributed by atoms with Crippen LogP contribution in [0.25, 0.3) is 0 Å². The molecule has 1 saturated heterocycles. The number of thiophene rings is 1. The van der Waals surface area contributed by atoms with Crippen LogP contribution in [0.5, 0.6) is 0 Å². The molecule has 1 aromatic carbocycles. The van der Waals surface area contributed by atoms with Gasteiger partial charge in [0.15, 0.2) is 0 Å². The van der Waals surface area contributed by atoms with Crippen LogP contribution in [0.2, 0.25) is 4.34 Å². The van der Waals surface area contributed by atoms with E-state index in [0.717, 1.165) is 17.4 Å². The average molecular weight is 573 g/mol. The lowest BCUT2D eigenvalue weighted by molar-refractivity contribution is -0.125. The van der Waals surface area contributed by atoms with E-state index in [4.69, 9.17) is 21.1 Å². The van der Waals surface area contributed by atoms with E-state index in [-0.39, 0.29) is 48.5 Å². The molecule has 0 spiro atoms. The second kappa shape index (κ2) is 12.5. The monoisotopic (exact) mass is 572 g/mol. The van der Waals surface area contributed by atoms with Crippen LogP contribution in [0.15, 0.2) is 30.3 Å². The summed E-state index contributed by atoms with van der Waals surface area (Å²) in [6, 6.07) is 5.42. The Morgan fingerprint density at radius 3 is 2.55 bits per heavy atom. The molecule has 0 aliphatic carbocycles. The highest BCUT2D eigenvalue weighted by Gasteiger charge is 2.28. The van der Waals surface area contributed by atoms with Gasteiger partial charge in [-0.1, -0.05) is 11.6 Å². The first kappa shape index (κ1) is 29.3. The third-order valence-electron chi connectivity index (χ3n) is 5.10. The van der Waals surface area contributed by atoms with E-state index in [2.05, 4.69) is 16.0 Å². The number of carbonyl (C=O) groups excluding carboxylic acids is 4. The maximum absolute atomic E-state index is 13.9. The van der Waals surface area contributed by atoms with E-state index in [1.54, 1.807) is 20.8 Å². The maximum atomic E-state index is 13.9. The number of ether oxygens (including phenoxy) is 2.